The van der Waals surface area contributed by atoms with Gasteiger partial charge in [-0.25, -0.2) is 0 Å². The first-order valence-corrected chi connectivity index (χ1v) is 5.58. The molecule has 0 fully saturated rings. The fourth-order valence-corrected chi connectivity index (χ4v) is 1.59. The van der Waals surface area contributed by atoms with Crippen molar-refractivity contribution >= 4 is 5.69 Å². The Morgan fingerprint density at radius 1 is 1.17 bits per heavy atom. The summed E-state index contributed by atoms with van der Waals surface area (Å²) < 4.78 is 5.61. The molecule has 0 bridgehead atoms. The Labute approximate surface area is 105 Å². The SMILES string of the molecule is Cc1ccc([N+](=O)[O-])cc1OCc1ccccc1. The van der Waals surface area contributed by atoms with Gasteiger partial charge in [0.15, 0.2) is 0 Å². The number of hydrogen-bond donors (Lipinski definition) is 0. The molecule has 0 aliphatic heterocycles. The van der Waals surface area contributed by atoms with E-state index in [0.29, 0.717) is 12.4 Å². The van der Waals surface area contributed by atoms with Crippen molar-refractivity contribution in [1.82, 2.24) is 0 Å². The second-order valence-corrected chi connectivity index (χ2v) is 3.98. The van der Waals surface area contributed by atoms with Gasteiger partial charge in [0.05, 0.1) is 11.0 Å². The number of ether oxygens (including phenoxy) is 1. The number of non-ortho nitro benzene ring substituents is 1. The number of nitrogens with zero attached hydrogens (tertiary/aromatic N) is 1. The van der Waals surface area contributed by atoms with Gasteiger partial charge < -0.3 is 4.74 Å². The third kappa shape index (κ3) is 2.85. The van der Waals surface area contributed by atoms with Gasteiger partial charge in [-0.1, -0.05) is 30.3 Å². The van der Waals surface area contributed by atoms with Crippen molar-refractivity contribution in [3.8, 4) is 5.75 Å². The van der Waals surface area contributed by atoms with Gasteiger partial charge in [0, 0.05) is 6.07 Å². The Hall–Kier alpha value is -2.36. The van der Waals surface area contributed by atoms with Crippen LogP contribution in [-0.2, 0) is 6.61 Å². The van der Waals surface area contributed by atoms with Gasteiger partial charge >= 0.3 is 0 Å². The first-order chi connectivity index (χ1) is 8.66. The molecular formula is C14H13NO3. The first-order valence-electron chi connectivity index (χ1n) is 5.58. The summed E-state index contributed by atoms with van der Waals surface area (Å²) in [5.74, 6) is 0.549. The molecule has 0 saturated heterocycles. The maximum atomic E-state index is 10.7. The summed E-state index contributed by atoms with van der Waals surface area (Å²) in [6, 6.07) is 14.3. The van der Waals surface area contributed by atoms with E-state index in [0.717, 1.165) is 11.1 Å². The Bertz CT molecular complexity index is 552. The molecule has 0 unspecified atom stereocenters. The van der Waals surface area contributed by atoms with E-state index in [1.54, 1.807) is 6.07 Å². The third-order valence-corrected chi connectivity index (χ3v) is 2.62. The smallest absolute Gasteiger partial charge is 0.273 e. The monoisotopic (exact) mass is 243 g/mol. The molecule has 0 amide bonds. The average Bonchev–Trinajstić information content (AvgIpc) is 2.38. The lowest BCUT2D eigenvalue weighted by Crippen LogP contribution is -1.98. The molecule has 2 aromatic rings. The van der Waals surface area contributed by atoms with Gasteiger partial charge in [-0.3, -0.25) is 10.1 Å². The number of hydrogen-bond acceptors (Lipinski definition) is 3. The van der Waals surface area contributed by atoms with Crippen LogP contribution in [0.4, 0.5) is 5.69 Å². The highest BCUT2D eigenvalue weighted by atomic mass is 16.6. The van der Waals surface area contributed by atoms with E-state index >= 15 is 0 Å². The molecule has 4 heteroatoms. The molecule has 2 rings (SSSR count). The Balaban J connectivity index is 2.14. The van der Waals surface area contributed by atoms with Crippen LogP contribution in [0.25, 0.3) is 0 Å². The zero-order valence-electron chi connectivity index (χ0n) is 10.00. The Kier molecular flexibility index (Phi) is 3.57. The summed E-state index contributed by atoms with van der Waals surface area (Å²) in [5.41, 5.74) is 1.96. The summed E-state index contributed by atoms with van der Waals surface area (Å²) >= 11 is 0. The van der Waals surface area contributed by atoms with Crippen LogP contribution in [0.1, 0.15) is 11.1 Å². The highest BCUT2D eigenvalue weighted by molar-refractivity contribution is 5.43. The fourth-order valence-electron chi connectivity index (χ4n) is 1.59. The largest absolute Gasteiger partial charge is 0.488 e. The molecule has 0 N–H and O–H groups in total. The topological polar surface area (TPSA) is 52.4 Å². The second kappa shape index (κ2) is 5.31. The van der Waals surface area contributed by atoms with Crippen LogP contribution < -0.4 is 4.74 Å². The van der Waals surface area contributed by atoms with Crippen molar-refractivity contribution in [2.24, 2.45) is 0 Å². The maximum Gasteiger partial charge on any atom is 0.273 e. The molecule has 0 aromatic heterocycles. The maximum absolute atomic E-state index is 10.7. The fraction of sp³-hybridized carbons (Fsp3) is 0.143. The highest BCUT2D eigenvalue weighted by Gasteiger charge is 2.09. The van der Waals surface area contributed by atoms with Crippen LogP contribution in [0.2, 0.25) is 0 Å². The van der Waals surface area contributed by atoms with Crippen LogP contribution in [0.15, 0.2) is 48.5 Å². The zero-order valence-corrected chi connectivity index (χ0v) is 10.00. The molecular weight excluding hydrogens is 230 g/mol. The lowest BCUT2D eigenvalue weighted by molar-refractivity contribution is -0.385. The van der Waals surface area contributed by atoms with Crippen LogP contribution in [0.3, 0.4) is 0 Å². The van der Waals surface area contributed by atoms with Crippen molar-refractivity contribution in [1.29, 1.82) is 0 Å². The molecule has 0 aliphatic rings. The first kappa shape index (κ1) is 12.1. The minimum absolute atomic E-state index is 0.0451. The van der Waals surface area contributed by atoms with Gasteiger partial charge in [0.25, 0.3) is 5.69 Å². The normalized spacial score (nSPS) is 10.1. The van der Waals surface area contributed by atoms with Gasteiger partial charge in [-0.2, -0.15) is 0 Å². The van der Waals surface area contributed by atoms with Crippen LogP contribution in [0, 0.1) is 17.0 Å². The zero-order chi connectivity index (χ0) is 13.0. The van der Waals surface area contributed by atoms with E-state index < -0.39 is 4.92 Å². The Morgan fingerprint density at radius 2 is 1.89 bits per heavy atom. The number of nitro groups is 1. The van der Waals surface area contributed by atoms with Gasteiger partial charge in [-0.15, -0.1) is 0 Å². The lowest BCUT2D eigenvalue weighted by Gasteiger charge is -2.08. The van der Waals surface area contributed by atoms with Gasteiger partial charge in [0.1, 0.15) is 12.4 Å². The van der Waals surface area contributed by atoms with E-state index in [9.17, 15) is 10.1 Å². The summed E-state index contributed by atoms with van der Waals surface area (Å²) in [7, 11) is 0. The molecule has 0 radical (unpaired) electrons. The molecule has 0 atom stereocenters. The molecule has 92 valence electrons. The summed E-state index contributed by atoms with van der Waals surface area (Å²) in [5, 5.41) is 10.7. The van der Waals surface area contributed by atoms with Crippen LogP contribution in [-0.4, -0.2) is 4.92 Å². The molecule has 2 aromatic carbocycles. The van der Waals surface area contributed by atoms with Crippen molar-refractivity contribution in [2.45, 2.75) is 13.5 Å². The number of nitro benzene ring substituents is 1. The van der Waals surface area contributed by atoms with Crippen molar-refractivity contribution in [3.05, 3.63) is 69.8 Å². The van der Waals surface area contributed by atoms with Crippen molar-refractivity contribution in [2.75, 3.05) is 0 Å². The van der Waals surface area contributed by atoms with Crippen LogP contribution >= 0.6 is 0 Å². The minimum Gasteiger partial charge on any atom is -0.488 e. The van der Waals surface area contributed by atoms with Crippen LogP contribution in [0.5, 0.6) is 5.75 Å². The van der Waals surface area contributed by atoms with Gasteiger partial charge in [-0.05, 0) is 24.1 Å². The van der Waals surface area contributed by atoms with Gasteiger partial charge in [0.2, 0.25) is 0 Å². The predicted octanol–water partition coefficient (Wildman–Crippen LogP) is 3.48. The lowest BCUT2D eigenvalue weighted by atomic mass is 10.2. The molecule has 18 heavy (non-hydrogen) atoms. The molecule has 0 spiro atoms. The molecule has 0 aliphatic carbocycles. The standard InChI is InChI=1S/C14H13NO3/c1-11-7-8-13(15(16)17)9-14(11)18-10-12-5-3-2-4-6-12/h2-9H,10H2,1H3. The number of aryl methyl sites for hydroxylation is 1. The van der Waals surface area contributed by atoms with E-state index in [2.05, 4.69) is 0 Å². The minimum atomic E-state index is -0.422. The van der Waals surface area contributed by atoms with E-state index in [1.807, 2.05) is 37.3 Å². The summed E-state index contributed by atoms with van der Waals surface area (Å²) in [4.78, 5) is 10.3. The summed E-state index contributed by atoms with van der Waals surface area (Å²) in [6.07, 6.45) is 0. The molecule has 0 heterocycles. The predicted molar refractivity (Wildman–Crippen MR) is 68.6 cm³/mol. The van der Waals surface area contributed by atoms with E-state index in [1.165, 1.54) is 12.1 Å². The van der Waals surface area contributed by atoms with Crippen molar-refractivity contribution in [3.63, 3.8) is 0 Å². The Morgan fingerprint density at radius 3 is 2.56 bits per heavy atom. The summed E-state index contributed by atoms with van der Waals surface area (Å²) in [6.45, 7) is 2.27. The average molecular weight is 243 g/mol. The highest BCUT2D eigenvalue weighted by Crippen LogP contribution is 2.24. The quantitative estimate of drug-likeness (QED) is 0.610. The molecule has 4 nitrogen and oxygen atoms in total. The van der Waals surface area contributed by atoms with E-state index in [4.69, 9.17) is 4.74 Å². The molecule has 0 saturated carbocycles. The third-order valence-electron chi connectivity index (χ3n) is 2.62. The number of benzene rings is 2. The second-order valence-electron chi connectivity index (χ2n) is 3.98. The number of rotatable bonds is 4. The van der Waals surface area contributed by atoms with Crippen molar-refractivity contribution < 1.29 is 9.66 Å². The van der Waals surface area contributed by atoms with E-state index in [-0.39, 0.29) is 5.69 Å².